The quantitative estimate of drug-likeness (QED) is 0.747. The third-order valence-corrected chi connectivity index (χ3v) is 2.15. The first-order chi connectivity index (χ1) is 7.31. The summed E-state index contributed by atoms with van der Waals surface area (Å²) in [6.07, 6.45) is 7.81. The molecule has 0 fully saturated rings. The maximum atomic E-state index is 8.82. The van der Waals surface area contributed by atoms with Crippen molar-refractivity contribution in [1.82, 2.24) is 10.3 Å². The summed E-state index contributed by atoms with van der Waals surface area (Å²) in [7, 11) is 0. The Labute approximate surface area is 90.1 Å². The SMILES string of the molecule is C#CC(CC)NCc1cccnc1C#N. The first-order valence-electron chi connectivity index (χ1n) is 4.85. The summed E-state index contributed by atoms with van der Waals surface area (Å²) in [6.45, 7) is 2.60. The molecular weight excluding hydrogens is 186 g/mol. The van der Waals surface area contributed by atoms with E-state index >= 15 is 0 Å². The van der Waals surface area contributed by atoms with E-state index in [-0.39, 0.29) is 6.04 Å². The average Bonchev–Trinajstić information content (AvgIpc) is 2.31. The van der Waals surface area contributed by atoms with Crippen molar-refractivity contribution < 1.29 is 0 Å². The zero-order valence-corrected chi connectivity index (χ0v) is 8.70. The average molecular weight is 199 g/mol. The van der Waals surface area contributed by atoms with Crippen LogP contribution in [-0.2, 0) is 6.54 Å². The van der Waals surface area contributed by atoms with E-state index in [1.165, 1.54) is 0 Å². The highest BCUT2D eigenvalue weighted by Gasteiger charge is 2.04. The molecule has 0 bridgehead atoms. The predicted molar refractivity (Wildman–Crippen MR) is 58.7 cm³/mol. The van der Waals surface area contributed by atoms with E-state index in [4.69, 9.17) is 11.7 Å². The van der Waals surface area contributed by atoms with Crippen LogP contribution in [0.1, 0.15) is 24.6 Å². The van der Waals surface area contributed by atoms with Crippen LogP contribution >= 0.6 is 0 Å². The number of aromatic nitrogens is 1. The largest absolute Gasteiger partial charge is 0.299 e. The zero-order chi connectivity index (χ0) is 11.1. The Morgan fingerprint density at radius 1 is 1.67 bits per heavy atom. The Hall–Kier alpha value is -1.84. The van der Waals surface area contributed by atoms with Gasteiger partial charge in [-0.3, -0.25) is 5.32 Å². The van der Waals surface area contributed by atoms with E-state index in [9.17, 15) is 0 Å². The molecule has 0 saturated carbocycles. The Morgan fingerprint density at radius 3 is 3.07 bits per heavy atom. The van der Waals surface area contributed by atoms with Crippen LogP contribution < -0.4 is 5.32 Å². The molecule has 0 aliphatic carbocycles. The zero-order valence-electron chi connectivity index (χ0n) is 8.70. The van der Waals surface area contributed by atoms with E-state index in [0.29, 0.717) is 12.2 Å². The molecule has 0 aliphatic rings. The predicted octanol–water partition coefficient (Wildman–Crippen LogP) is 1.45. The van der Waals surface area contributed by atoms with Gasteiger partial charge in [-0.25, -0.2) is 4.98 Å². The summed E-state index contributed by atoms with van der Waals surface area (Å²) < 4.78 is 0. The van der Waals surface area contributed by atoms with Gasteiger partial charge >= 0.3 is 0 Å². The fourth-order valence-electron chi connectivity index (χ4n) is 1.24. The number of terminal acetylenes is 1. The van der Waals surface area contributed by atoms with Gasteiger partial charge in [0.1, 0.15) is 11.8 Å². The number of nitrogens with one attached hydrogen (secondary N) is 1. The lowest BCUT2D eigenvalue weighted by Crippen LogP contribution is -2.26. The minimum Gasteiger partial charge on any atom is -0.299 e. The fourth-order valence-corrected chi connectivity index (χ4v) is 1.24. The van der Waals surface area contributed by atoms with Crippen LogP contribution in [0.3, 0.4) is 0 Å². The monoisotopic (exact) mass is 199 g/mol. The van der Waals surface area contributed by atoms with Gasteiger partial charge in [0.05, 0.1) is 6.04 Å². The van der Waals surface area contributed by atoms with Crippen molar-refractivity contribution >= 4 is 0 Å². The normalized spacial score (nSPS) is 11.4. The highest BCUT2D eigenvalue weighted by molar-refractivity contribution is 5.30. The molecule has 1 atom stereocenters. The molecule has 1 aromatic rings. The maximum absolute atomic E-state index is 8.82. The smallest absolute Gasteiger partial charge is 0.144 e. The molecule has 0 radical (unpaired) electrons. The molecular formula is C12H13N3. The molecule has 15 heavy (non-hydrogen) atoms. The number of nitrogens with zero attached hydrogens (tertiary/aromatic N) is 2. The molecule has 1 unspecified atom stereocenters. The topological polar surface area (TPSA) is 48.7 Å². The summed E-state index contributed by atoms with van der Waals surface area (Å²) >= 11 is 0. The summed E-state index contributed by atoms with van der Waals surface area (Å²) in [4.78, 5) is 3.97. The van der Waals surface area contributed by atoms with Gasteiger partial charge in [-0.2, -0.15) is 5.26 Å². The van der Waals surface area contributed by atoms with Crippen LogP contribution in [-0.4, -0.2) is 11.0 Å². The Balaban J connectivity index is 2.66. The van der Waals surface area contributed by atoms with E-state index in [1.807, 2.05) is 19.1 Å². The Morgan fingerprint density at radius 2 is 2.47 bits per heavy atom. The number of rotatable bonds is 4. The van der Waals surface area contributed by atoms with Crippen molar-refractivity contribution in [3.63, 3.8) is 0 Å². The van der Waals surface area contributed by atoms with Gasteiger partial charge in [-0.05, 0) is 12.5 Å². The van der Waals surface area contributed by atoms with Crippen LogP contribution in [0, 0.1) is 23.7 Å². The van der Waals surface area contributed by atoms with Gasteiger partial charge in [0.2, 0.25) is 0 Å². The van der Waals surface area contributed by atoms with Crippen molar-refractivity contribution in [1.29, 1.82) is 5.26 Å². The first kappa shape index (κ1) is 11.2. The molecule has 3 nitrogen and oxygen atoms in total. The van der Waals surface area contributed by atoms with Gasteiger partial charge in [0.15, 0.2) is 0 Å². The molecule has 1 rings (SSSR count). The number of hydrogen-bond donors (Lipinski definition) is 1. The van der Waals surface area contributed by atoms with Crippen LogP contribution in [0.15, 0.2) is 18.3 Å². The van der Waals surface area contributed by atoms with E-state index < -0.39 is 0 Å². The second kappa shape index (κ2) is 5.80. The van der Waals surface area contributed by atoms with Crippen LogP contribution in [0.4, 0.5) is 0 Å². The summed E-state index contributed by atoms with van der Waals surface area (Å²) in [5.74, 6) is 2.65. The molecule has 1 heterocycles. The second-order valence-electron chi connectivity index (χ2n) is 3.13. The minimum atomic E-state index is 0.0525. The summed E-state index contributed by atoms with van der Waals surface area (Å²) in [6, 6.07) is 5.80. The Kier molecular flexibility index (Phi) is 4.34. The lowest BCUT2D eigenvalue weighted by molar-refractivity contribution is 0.591. The van der Waals surface area contributed by atoms with Crippen LogP contribution in [0.5, 0.6) is 0 Å². The molecule has 0 saturated heterocycles. The van der Waals surface area contributed by atoms with Crippen LogP contribution in [0.2, 0.25) is 0 Å². The number of nitriles is 1. The molecule has 3 heteroatoms. The standard InChI is InChI=1S/C12H13N3/c1-3-11(4-2)15-9-10-6-5-7-14-12(10)8-13/h1,5-7,11,15H,4,9H2,2H3. The fraction of sp³-hybridized carbons (Fsp3) is 0.333. The van der Waals surface area contributed by atoms with Crippen molar-refractivity contribution in [3.05, 3.63) is 29.6 Å². The lowest BCUT2D eigenvalue weighted by atomic mass is 10.1. The highest BCUT2D eigenvalue weighted by atomic mass is 14.9. The van der Waals surface area contributed by atoms with Crippen molar-refractivity contribution in [2.45, 2.75) is 25.9 Å². The Bertz CT molecular complexity index is 398. The van der Waals surface area contributed by atoms with E-state index in [1.54, 1.807) is 6.20 Å². The first-order valence-corrected chi connectivity index (χ1v) is 4.85. The van der Waals surface area contributed by atoms with Crippen LogP contribution in [0.25, 0.3) is 0 Å². The number of hydrogen-bond acceptors (Lipinski definition) is 3. The second-order valence-corrected chi connectivity index (χ2v) is 3.13. The summed E-state index contributed by atoms with van der Waals surface area (Å²) in [5.41, 5.74) is 1.34. The lowest BCUT2D eigenvalue weighted by Gasteiger charge is -2.10. The molecule has 0 spiro atoms. The van der Waals surface area contributed by atoms with Crippen molar-refractivity contribution in [2.24, 2.45) is 0 Å². The molecule has 1 N–H and O–H groups in total. The van der Waals surface area contributed by atoms with Crippen molar-refractivity contribution in [2.75, 3.05) is 0 Å². The maximum Gasteiger partial charge on any atom is 0.144 e. The van der Waals surface area contributed by atoms with E-state index in [2.05, 4.69) is 22.3 Å². The molecule has 0 amide bonds. The van der Waals surface area contributed by atoms with E-state index in [0.717, 1.165) is 12.0 Å². The van der Waals surface area contributed by atoms with Crippen molar-refractivity contribution in [3.8, 4) is 18.4 Å². The molecule has 0 aromatic carbocycles. The third-order valence-electron chi connectivity index (χ3n) is 2.15. The highest BCUT2D eigenvalue weighted by Crippen LogP contribution is 2.04. The molecule has 76 valence electrons. The molecule has 0 aliphatic heterocycles. The van der Waals surface area contributed by atoms with Gasteiger partial charge in [-0.15, -0.1) is 6.42 Å². The minimum absolute atomic E-state index is 0.0525. The number of pyridine rings is 1. The van der Waals surface area contributed by atoms with Gasteiger partial charge in [0.25, 0.3) is 0 Å². The van der Waals surface area contributed by atoms with Gasteiger partial charge < -0.3 is 0 Å². The third kappa shape index (κ3) is 3.09. The molecule has 1 aromatic heterocycles. The van der Waals surface area contributed by atoms with Gasteiger partial charge in [-0.1, -0.05) is 18.9 Å². The van der Waals surface area contributed by atoms with Gasteiger partial charge in [0, 0.05) is 18.3 Å². The summed E-state index contributed by atoms with van der Waals surface area (Å²) in [5, 5.41) is 12.0.